The molecular weight excluding hydrogens is 234 g/mol. The first kappa shape index (κ1) is 11.5. The van der Waals surface area contributed by atoms with Gasteiger partial charge in [0.1, 0.15) is 6.07 Å². The Hall–Kier alpha value is -2.94. The summed E-state index contributed by atoms with van der Waals surface area (Å²) in [7, 11) is 0. The van der Waals surface area contributed by atoms with Crippen LogP contribution in [-0.4, -0.2) is 15.8 Å². The van der Waals surface area contributed by atoms with Crippen molar-refractivity contribution in [3.05, 3.63) is 57.9 Å². The highest BCUT2D eigenvalue weighted by Crippen LogP contribution is 2.21. The molecule has 1 aromatic carbocycles. The highest BCUT2D eigenvalue weighted by atomic mass is 16.6. The number of hydrogen-bond donors (Lipinski definition) is 0. The number of aldehydes is 1. The Morgan fingerprint density at radius 2 is 2.17 bits per heavy atom. The van der Waals surface area contributed by atoms with Crippen LogP contribution in [0.5, 0.6) is 0 Å². The van der Waals surface area contributed by atoms with Crippen molar-refractivity contribution in [1.82, 2.24) is 4.57 Å². The van der Waals surface area contributed by atoms with Gasteiger partial charge in [-0.3, -0.25) is 14.9 Å². The largest absolute Gasteiger partial charge is 0.313 e. The predicted octanol–water partition coefficient (Wildman–Crippen LogP) is 2.07. The molecule has 0 N–H and O–H groups in total. The molecule has 0 aliphatic carbocycles. The third-order valence-electron chi connectivity index (χ3n) is 2.47. The molecule has 18 heavy (non-hydrogen) atoms. The lowest BCUT2D eigenvalue weighted by Crippen LogP contribution is -2.01. The number of carbonyl (C=O) groups is 1. The number of nitrogens with zero attached hydrogens (tertiary/aromatic N) is 3. The third-order valence-corrected chi connectivity index (χ3v) is 2.47. The molecule has 0 aliphatic rings. The van der Waals surface area contributed by atoms with Crippen molar-refractivity contribution in [2.75, 3.05) is 0 Å². The van der Waals surface area contributed by atoms with Crippen molar-refractivity contribution >= 4 is 12.0 Å². The maximum Gasteiger partial charge on any atom is 0.270 e. The highest BCUT2D eigenvalue weighted by Gasteiger charge is 2.13. The number of rotatable bonds is 3. The van der Waals surface area contributed by atoms with E-state index in [1.165, 1.54) is 22.8 Å². The molecule has 0 saturated heterocycles. The molecule has 2 aromatic rings. The van der Waals surface area contributed by atoms with Gasteiger partial charge in [-0.05, 0) is 18.2 Å². The zero-order chi connectivity index (χ0) is 13.1. The van der Waals surface area contributed by atoms with E-state index in [0.29, 0.717) is 17.7 Å². The first-order chi connectivity index (χ1) is 8.67. The lowest BCUT2D eigenvalue weighted by atomic mass is 10.1. The van der Waals surface area contributed by atoms with Crippen molar-refractivity contribution in [1.29, 1.82) is 5.26 Å². The van der Waals surface area contributed by atoms with Crippen LogP contribution in [0.1, 0.15) is 16.1 Å². The van der Waals surface area contributed by atoms with Crippen LogP contribution in [0.15, 0.2) is 36.5 Å². The smallest absolute Gasteiger partial charge is 0.270 e. The molecule has 0 radical (unpaired) electrons. The van der Waals surface area contributed by atoms with Crippen LogP contribution in [-0.2, 0) is 0 Å². The topological polar surface area (TPSA) is 88.9 Å². The van der Waals surface area contributed by atoms with Crippen molar-refractivity contribution in [2.24, 2.45) is 0 Å². The number of non-ortho nitro benzene ring substituents is 1. The number of hydrogen-bond acceptors (Lipinski definition) is 4. The van der Waals surface area contributed by atoms with Crippen LogP contribution in [0, 0.1) is 21.4 Å². The minimum absolute atomic E-state index is 0.142. The molecule has 1 heterocycles. The quantitative estimate of drug-likeness (QED) is 0.467. The summed E-state index contributed by atoms with van der Waals surface area (Å²) in [6.07, 6.45) is 2.27. The van der Waals surface area contributed by atoms with E-state index in [-0.39, 0.29) is 11.3 Å². The van der Waals surface area contributed by atoms with Crippen molar-refractivity contribution in [3.8, 4) is 11.8 Å². The van der Waals surface area contributed by atoms with Gasteiger partial charge in [0.05, 0.1) is 21.9 Å². The van der Waals surface area contributed by atoms with Gasteiger partial charge in [-0.15, -0.1) is 0 Å². The van der Waals surface area contributed by atoms with Gasteiger partial charge in [0.15, 0.2) is 6.29 Å². The van der Waals surface area contributed by atoms with E-state index in [9.17, 15) is 14.9 Å². The van der Waals surface area contributed by atoms with Crippen LogP contribution in [0.4, 0.5) is 5.69 Å². The maximum atomic E-state index is 10.8. The SMILES string of the molecule is N#Cc1cc([N+](=O)[O-])ccc1-n1cccc1C=O. The van der Waals surface area contributed by atoms with E-state index in [4.69, 9.17) is 5.26 Å². The fourth-order valence-corrected chi connectivity index (χ4v) is 1.65. The van der Waals surface area contributed by atoms with Gasteiger partial charge >= 0.3 is 0 Å². The first-order valence-corrected chi connectivity index (χ1v) is 4.99. The summed E-state index contributed by atoms with van der Waals surface area (Å²) in [4.78, 5) is 20.9. The average Bonchev–Trinajstić information content (AvgIpc) is 2.85. The van der Waals surface area contributed by atoms with Crippen molar-refractivity contribution < 1.29 is 9.72 Å². The molecule has 0 fully saturated rings. The number of benzene rings is 1. The fourth-order valence-electron chi connectivity index (χ4n) is 1.65. The molecule has 88 valence electrons. The summed E-state index contributed by atoms with van der Waals surface area (Å²) >= 11 is 0. The number of nitro benzene ring substituents is 1. The van der Waals surface area contributed by atoms with E-state index in [1.807, 2.05) is 6.07 Å². The second-order valence-electron chi connectivity index (χ2n) is 3.49. The Bertz CT molecular complexity index is 667. The normalized spacial score (nSPS) is 9.72. The van der Waals surface area contributed by atoms with Crippen LogP contribution >= 0.6 is 0 Å². The summed E-state index contributed by atoms with van der Waals surface area (Å²) in [5.74, 6) is 0. The fraction of sp³-hybridized carbons (Fsp3) is 0. The Kier molecular flexibility index (Phi) is 2.89. The Morgan fingerprint density at radius 1 is 1.39 bits per heavy atom. The summed E-state index contributed by atoms with van der Waals surface area (Å²) in [6, 6.07) is 9.07. The Morgan fingerprint density at radius 3 is 2.78 bits per heavy atom. The van der Waals surface area contributed by atoms with Gasteiger partial charge in [-0.1, -0.05) is 0 Å². The van der Waals surface area contributed by atoms with Gasteiger partial charge < -0.3 is 4.57 Å². The number of nitro groups is 1. The van der Waals surface area contributed by atoms with E-state index in [0.717, 1.165) is 0 Å². The lowest BCUT2D eigenvalue weighted by Gasteiger charge is -2.07. The maximum absolute atomic E-state index is 10.8. The average molecular weight is 241 g/mol. The molecule has 6 heteroatoms. The summed E-state index contributed by atoms with van der Waals surface area (Å²) in [5, 5.41) is 19.6. The van der Waals surface area contributed by atoms with E-state index in [1.54, 1.807) is 18.3 Å². The van der Waals surface area contributed by atoms with Gasteiger partial charge in [0.25, 0.3) is 5.69 Å². The van der Waals surface area contributed by atoms with Crippen molar-refractivity contribution in [3.63, 3.8) is 0 Å². The molecule has 0 bridgehead atoms. The van der Waals surface area contributed by atoms with E-state index >= 15 is 0 Å². The number of carbonyl (C=O) groups excluding carboxylic acids is 1. The zero-order valence-electron chi connectivity index (χ0n) is 9.11. The molecule has 6 nitrogen and oxygen atoms in total. The molecule has 1 aromatic heterocycles. The van der Waals surface area contributed by atoms with Crippen LogP contribution < -0.4 is 0 Å². The minimum Gasteiger partial charge on any atom is -0.313 e. The van der Waals surface area contributed by atoms with Crippen LogP contribution in [0.2, 0.25) is 0 Å². The summed E-state index contributed by atoms with van der Waals surface area (Å²) < 4.78 is 1.51. The second kappa shape index (κ2) is 4.51. The van der Waals surface area contributed by atoms with Crippen LogP contribution in [0.3, 0.4) is 0 Å². The summed E-state index contributed by atoms with van der Waals surface area (Å²) in [6.45, 7) is 0. The van der Waals surface area contributed by atoms with Crippen LogP contribution in [0.25, 0.3) is 5.69 Å². The van der Waals surface area contributed by atoms with Gasteiger partial charge in [0, 0.05) is 18.3 Å². The Balaban J connectivity index is 2.63. The monoisotopic (exact) mass is 241 g/mol. The molecular formula is C12H7N3O3. The minimum atomic E-state index is -0.569. The molecule has 0 saturated carbocycles. The molecule has 2 rings (SSSR count). The molecule has 0 atom stereocenters. The standard InChI is InChI=1S/C12H7N3O3/c13-7-9-6-10(15(17)18)3-4-12(9)14-5-1-2-11(14)8-16/h1-6,8H. The molecule has 0 aliphatic heterocycles. The molecule has 0 unspecified atom stereocenters. The highest BCUT2D eigenvalue weighted by molar-refractivity contribution is 5.74. The van der Waals surface area contributed by atoms with Gasteiger partial charge in [-0.25, -0.2) is 0 Å². The number of nitriles is 1. The number of aromatic nitrogens is 1. The van der Waals surface area contributed by atoms with E-state index in [2.05, 4.69) is 0 Å². The zero-order valence-corrected chi connectivity index (χ0v) is 9.11. The van der Waals surface area contributed by atoms with E-state index < -0.39 is 4.92 Å². The Labute approximate surface area is 102 Å². The second-order valence-corrected chi connectivity index (χ2v) is 3.49. The van der Waals surface area contributed by atoms with Crippen molar-refractivity contribution in [2.45, 2.75) is 0 Å². The molecule has 0 amide bonds. The van der Waals surface area contributed by atoms with Gasteiger partial charge in [-0.2, -0.15) is 5.26 Å². The molecule has 0 spiro atoms. The summed E-state index contributed by atoms with van der Waals surface area (Å²) in [5.41, 5.74) is 0.800. The third kappa shape index (κ3) is 1.85. The predicted molar refractivity (Wildman–Crippen MR) is 62.5 cm³/mol. The first-order valence-electron chi connectivity index (χ1n) is 4.99. The lowest BCUT2D eigenvalue weighted by molar-refractivity contribution is -0.384. The van der Waals surface area contributed by atoms with Gasteiger partial charge in [0.2, 0.25) is 0 Å².